The van der Waals surface area contributed by atoms with E-state index in [0.29, 0.717) is 28.1 Å². The van der Waals surface area contributed by atoms with Gasteiger partial charge in [0.2, 0.25) is 0 Å². The van der Waals surface area contributed by atoms with Crippen LogP contribution in [-0.4, -0.2) is 20.7 Å². The van der Waals surface area contributed by atoms with E-state index in [1.54, 1.807) is 11.6 Å². The number of aryl methyl sites for hydroxylation is 1. The summed E-state index contributed by atoms with van der Waals surface area (Å²) in [7, 11) is 0. The Labute approximate surface area is 159 Å². The Kier molecular flexibility index (Phi) is 4.44. The highest BCUT2D eigenvalue weighted by atomic mass is 35.5. The van der Waals surface area contributed by atoms with E-state index < -0.39 is 0 Å². The molecule has 0 aliphatic heterocycles. The fourth-order valence-corrected chi connectivity index (χ4v) is 3.94. The number of halogens is 1. The van der Waals surface area contributed by atoms with Gasteiger partial charge in [0.15, 0.2) is 5.13 Å². The van der Waals surface area contributed by atoms with E-state index in [4.69, 9.17) is 11.6 Å². The van der Waals surface area contributed by atoms with Crippen LogP contribution in [0.5, 0.6) is 0 Å². The first-order valence-electron chi connectivity index (χ1n) is 8.05. The minimum atomic E-state index is -0.300. The first kappa shape index (κ1) is 16.8. The Morgan fingerprint density at radius 3 is 2.65 bits per heavy atom. The van der Waals surface area contributed by atoms with Crippen LogP contribution in [0.2, 0.25) is 5.15 Å². The van der Waals surface area contributed by atoms with Gasteiger partial charge in [0.25, 0.3) is 5.91 Å². The summed E-state index contributed by atoms with van der Waals surface area (Å²) in [6.07, 6.45) is 0. The molecule has 0 radical (unpaired) electrons. The predicted molar refractivity (Wildman–Crippen MR) is 105 cm³/mol. The van der Waals surface area contributed by atoms with Gasteiger partial charge in [-0.25, -0.2) is 9.67 Å². The third-order valence-corrected chi connectivity index (χ3v) is 5.32. The molecule has 0 aliphatic carbocycles. The van der Waals surface area contributed by atoms with Crippen molar-refractivity contribution >= 4 is 44.2 Å². The van der Waals surface area contributed by atoms with Crippen LogP contribution in [0.3, 0.4) is 0 Å². The van der Waals surface area contributed by atoms with E-state index in [1.807, 2.05) is 54.6 Å². The third kappa shape index (κ3) is 3.21. The molecule has 7 heteroatoms. The van der Waals surface area contributed by atoms with Gasteiger partial charge in [-0.1, -0.05) is 65.4 Å². The minimum Gasteiger partial charge on any atom is -0.298 e. The lowest BCUT2D eigenvalue weighted by molar-refractivity contribution is 0.102. The fraction of sp³-hybridized carbons (Fsp3) is 0.105. The van der Waals surface area contributed by atoms with Crippen molar-refractivity contribution in [2.75, 3.05) is 5.32 Å². The summed E-state index contributed by atoms with van der Waals surface area (Å²) in [5.74, 6) is -0.300. The van der Waals surface area contributed by atoms with Crippen LogP contribution in [-0.2, 0) is 6.54 Å². The molecule has 2 aromatic carbocycles. The Bertz CT molecular complexity index is 1050. The Hall–Kier alpha value is -2.70. The molecule has 130 valence electrons. The Morgan fingerprint density at radius 2 is 1.88 bits per heavy atom. The van der Waals surface area contributed by atoms with Crippen LogP contribution >= 0.6 is 22.9 Å². The van der Waals surface area contributed by atoms with Crippen molar-refractivity contribution in [3.05, 3.63) is 76.6 Å². The number of hydrogen-bond acceptors (Lipinski definition) is 4. The summed E-state index contributed by atoms with van der Waals surface area (Å²) < 4.78 is 2.66. The normalized spacial score (nSPS) is 11.0. The van der Waals surface area contributed by atoms with Crippen LogP contribution in [0, 0.1) is 6.92 Å². The number of carbonyl (C=O) groups is 1. The molecule has 26 heavy (non-hydrogen) atoms. The standard InChI is InChI=1S/C19H15ClN4OS/c1-12-16(17(20)24(23-12)11-13-7-3-2-4-8-13)18(25)22-19-21-14-9-5-6-10-15(14)26-19/h2-10H,11H2,1H3,(H,21,22,25). The lowest BCUT2D eigenvalue weighted by atomic mass is 10.2. The van der Waals surface area contributed by atoms with Crippen molar-refractivity contribution in [3.63, 3.8) is 0 Å². The average Bonchev–Trinajstić information content (AvgIpc) is 3.15. The first-order chi connectivity index (χ1) is 12.6. The van der Waals surface area contributed by atoms with Gasteiger partial charge in [-0.3, -0.25) is 10.1 Å². The van der Waals surface area contributed by atoms with E-state index in [-0.39, 0.29) is 5.91 Å². The highest BCUT2D eigenvalue weighted by molar-refractivity contribution is 7.22. The second kappa shape index (κ2) is 6.90. The van der Waals surface area contributed by atoms with Gasteiger partial charge < -0.3 is 0 Å². The molecule has 0 aliphatic rings. The largest absolute Gasteiger partial charge is 0.298 e. The van der Waals surface area contributed by atoms with Crippen molar-refractivity contribution in [1.82, 2.24) is 14.8 Å². The number of benzene rings is 2. The van der Waals surface area contributed by atoms with Gasteiger partial charge in [-0.05, 0) is 24.6 Å². The predicted octanol–water partition coefficient (Wildman–Crippen LogP) is 4.76. The maximum absolute atomic E-state index is 12.7. The molecule has 0 saturated heterocycles. The van der Waals surface area contributed by atoms with Crippen molar-refractivity contribution in [2.45, 2.75) is 13.5 Å². The first-order valence-corrected chi connectivity index (χ1v) is 9.25. The molecular formula is C19H15ClN4OS. The molecule has 0 fully saturated rings. The molecule has 4 aromatic rings. The number of hydrogen-bond donors (Lipinski definition) is 1. The molecule has 2 heterocycles. The SMILES string of the molecule is Cc1nn(Cc2ccccc2)c(Cl)c1C(=O)Nc1nc2ccccc2s1. The summed E-state index contributed by atoms with van der Waals surface area (Å²) in [6.45, 7) is 2.29. The molecule has 0 bridgehead atoms. The van der Waals surface area contributed by atoms with Crippen LogP contribution in [0.1, 0.15) is 21.6 Å². The number of amides is 1. The zero-order chi connectivity index (χ0) is 18.1. The van der Waals surface area contributed by atoms with Crippen LogP contribution in [0.4, 0.5) is 5.13 Å². The van der Waals surface area contributed by atoms with Crippen LogP contribution < -0.4 is 5.32 Å². The zero-order valence-corrected chi connectivity index (χ0v) is 15.5. The minimum absolute atomic E-state index is 0.300. The maximum Gasteiger partial charge on any atom is 0.262 e. The van der Waals surface area contributed by atoms with Crippen LogP contribution in [0.25, 0.3) is 10.2 Å². The zero-order valence-electron chi connectivity index (χ0n) is 13.9. The Balaban J connectivity index is 1.59. The van der Waals surface area contributed by atoms with Gasteiger partial charge in [0, 0.05) is 0 Å². The average molecular weight is 383 g/mol. The number of nitrogens with zero attached hydrogens (tertiary/aromatic N) is 3. The van der Waals surface area contributed by atoms with Gasteiger partial charge in [-0.2, -0.15) is 5.10 Å². The maximum atomic E-state index is 12.7. The molecule has 0 saturated carbocycles. The second-order valence-electron chi connectivity index (χ2n) is 5.84. The second-order valence-corrected chi connectivity index (χ2v) is 7.22. The number of para-hydroxylation sites is 1. The van der Waals surface area contributed by atoms with Gasteiger partial charge in [0.1, 0.15) is 5.15 Å². The van der Waals surface area contributed by atoms with Crippen molar-refractivity contribution in [3.8, 4) is 0 Å². The number of rotatable bonds is 4. The van der Waals surface area contributed by atoms with Crippen molar-refractivity contribution < 1.29 is 4.79 Å². The van der Waals surface area contributed by atoms with Gasteiger partial charge in [-0.15, -0.1) is 0 Å². The highest BCUT2D eigenvalue weighted by Crippen LogP contribution is 2.27. The van der Waals surface area contributed by atoms with Gasteiger partial charge >= 0.3 is 0 Å². The fourth-order valence-electron chi connectivity index (χ4n) is 2.76. The summed E-state index contributed by atoms with van der Waals surface area (Å²) in [4.78, 5) is 17.1. The number of carbonyl (C=O) groups excluding carboxylic acids is 1. The smallest absolute Gasteiger partial charge is 0.262 e. The molecule has 2 aromatic heterocycles. The van der Waals surface area contributed by atoms with E-state index in [0.717, 1.165) is 15.8 Å². The number of nitrogens with one attached hydrogen (secondary N) is 1. The lowest BCUT2D eigenvalue weighted by Gasteiger charge is -2.04. The van der Waals surface area contributed by atoms with E-state index in [2.05, 4.69) is 15.4 Å². The summed E-state index contributed by atoms with van der Waals surface area (Å²) in [6, 6.07) is 17.6. The van der Waals surface area contributed by atoms with E-state index in [9.17, 15) is 4.79 Å². The molecule has 0 spiro atoms. The van der Waals surface area contributed by atoms with Crippen molar-refractivity contribution in [1.29, 1.82) is 0 Å². The molecule has 1 amide bonds. The lowest BCUT2D eigenvalue weighted by Crippen LogP contribution is -2.13. The highest BCUT2D eigenvalue weighted by Gasteiger charge is 2.21. The van der Waals surface area contributed by atoms with Crippen LogP contribution in [0.15, 0.2) is 54.6 Å². The topological polar surface area (TPSA) is 59.8 Å². The molecule has 4 rings (SSSR count). The van der Waals surface area contributed by atoms with Gasteiger partial charge in [0.05, 0.1) is 28.0 Å². The number of aromatic nitrogens is 3. The molecular weight excluding hydrogens is 368 g/mol. The quantitative estimate of drug-likeness (QED) is 0.553. The monoisotopic (exact) mass is 382 g/mol. The van der Waals surface area contributed by atoms with E-state index >= 15 is 0 Å². The third-order valence-electron chi connectivity index (χ3n) is 3.98. The number of anilines is 1. The number of thiazole rings is 1. The van der Waals surface area contributed by atoms with Crippen molar-refractivity contribution in [2.24, 2.45) is 0 Å². The summed E-state index contributed by atoms with van der Waals surface area (Å²) in [5, 5.41) is 8.12. The van der Waals surface area contributed by atoms with E-state index in [1.165, 1.54) is 11.3 Å². The summed E-state index contributed by atoms with van der Waals surface area (Å²) >= 11 is 7.87. The summed E-state index contributed by atoms with van der Waals surface area (Å²) in [5.41, 5.74) is 2.89. The molecule has 5 nitrogen and oxygen atoms in total. The molecule has 0 atom stereocenters. The number of fused-ring (bicyclic) bond motifs is 1. The molecule has 1 N–H and O–H groups in total. The Morgan fingerprint density at radius 1 is 1.15 bits per heavy atom. The molecule has 0 unspecified atom stereocenters.